The SMILES string of the molecule is O=C1OCC2(CCCNC2)N1c1ccc(Br)cc1. The molecule has 0 aromatic heterocycles. The number of amides is 1. The Kier molecular flexibility index (Phi) is 3.03. The fourth-order valence-corrected chi connectivity index (χ4v) is 3.02. The fraction of sp³-hybridized carbons (Fsp3) is 0.462. The molecule has 96 valence electrons. The Hall–Kier alpha value is -1.07. The topological polar surface area (TPSA) is 41.6 Å². The molecule has 1 aromatic rings. The van der Waals surface area contributed by atoms with Crippen LogP contribution in [-0.4, -0.2) is 31.3 Å². The van der Waals surface area contributed by atoms with E-state index in [1.165, 1.54) is 0 Å². The number of rotatable bonds is 1. The molecule has 1 N–H and O–H groups in total. The molecule has 1 unspecified atom stereocenters. The van der Waals surface area contributed by atoms with Gasteiger partial charge in [0, 0.05) is 16.7 Å². The van der Waals surface area contributed by atoms with Crippen LogP contribution in [0, 0.1) is 0 Å². The maximum absolute atomic E-state index is 12.0. The van der Waals surface area contributed by atoms with Crippen molar-refractivity contribution in [2.45, 2.75) is 18.4 Å². The molecule has 2 aliphatic rings. The number of nitrogens with one attached hydrogen (secondary N) is 1. The smallest absolute Gasteiger partial charge is 0.415 e. The number of piperidine rings is 1. The molecule has 1 amide bonds. The molecule has 4 nitrogen and oxygen atoms in total. The highest BCUT2D eigenvalue weighted by molar-refractivity contribution is 9.10. The number of ether oxygens (including phenoxy) is 1. The quantitative estimate of drug-likeness (QED) is 0.866. The van der Waals surface area contributed by atoms with Crippen molar-refractivity contribution < 1.29 is 9.53 Å². The van der Waals surface area contributed by atoms with Gasteiger partial charge in [-0.05, 0) is 43.7 Å². The highest BCUT2D eigenvalue weighted by atomic mass is 79.9. The third kappa shape index (κ3) is 1.91. The van der Waals surface area contributed by atoms with Gasteiger partial charge >= 0.3 is 6.09 Å². The van der Waals surface area contributed by atoms with Crippen molar-refractivity contribution in [2.75, 3.05) is 24.6 Å². The van der Waals surface area contributed by atoms with E-state index in [0.717, 1.165) is 36.1 Å². The van der Waals surface area contributed by atoms with Gasteiger partial charge in [-0.25, -0.2) is 4.79 Å². The van der Waals surface area contributed by atoms with E-state index in [9.17, 15) is 4.79 Å². The van der Waals surface area contributed by atoms with Crippen molar-refractivity contribution >= 4 is 27.7 Å². The minimum Gasteiger partial charge on any atom is -0.447 e. The Morgan fingerprint density at radius 1 is 1.33 bits per heavy atom. The monoisotopic (exact) mass is 310 g/mol. The first-order chi connectivity index (χ1) is 8.71. The molecule has 18 heavy (non-hydrogen) atoms. The lowest BCUT2D eigenvalue weighted by atomic mass is 9.89. The van der Waals surface area contributed by atoms with Crippen molar-refractivity contribution in [3.8, 4) is 0 Å². The first-order valence-corrected chi connectivity index (χ1v) is 6.94. The number of hydrogen-bond donors (Lipinski definition) is 1. The zero-order valence-electron chi connectivity index (χ0n) is 9.99. The molecule has 2 saturated heterocycles. The summed E-state index contributed by atoms with van der Waals surface area (Å²) in [4.78, 5) is 13.8. The number of halogens is 1. The lowest BCUT2D eigenvalue weighted by molar-refractivity contribution is 0.167. The predicted octanol–water partition coefficient (Wildman–Crippen LogP) is 2.53. The first kappa shape index (κ1) is 12.0. The largest absolute Gasteiger partial charge is 0.447 e. The maximum Gasteiger partial charge on any atom is 0.415 e. The maximum atomic E-state index is 12.0. The summed E-state index contributed by atoms with van der Waals surface area (Å²) in [6.07, 6.45) is 1.83. The van der Waals surface area contributed by atoms with Gasteiger partial charge in [0.15, 0.2) is 0 Å². The van der Waals surface area contributed by atoms with Crippen molar-refractivity contribution in [3.63, 3.8) is 0 Å². The molecule has 1 atom stereocenters. The van der Waals surface area contributed by atoms with Crippen molar-refractivity contribution in [3.05, 3.63) is 28.7 Å². The van der Waals surface area contributed by atoms with Gasteiger partial charge in [-0.15, -0.1) is 0 Å². The molecular weight excluding hydrogens is 296 g/mol. The number of carbonyl (C=O) groups excluding carboxylic acids is 1. The number of nitrogens with zero attached hydrogens (tertiary/aromatic N) is 1. The summed E-state index contributed by atoms with van der Waals surface area (Å²) in [7, 11) is 0. The van der Waals surface area contributed by atoms with Crippen LogP contribution in [0.15, 0.2) is 28.7 Å². The molecule has 2 fully saturated rings. The van der Waals surface area contributed by atoms with E-state index in [1.807, 2.05) is 29.2 Å². The van der Waals surface area contributed by atoms with E-state index in [2.05, 4.69) is 21.2 Å². The molecular formula is C13H15BrN2O2. The first-order valence-electron chi connectivity index (χ1n) is 6.15. The average Bonchev–Trinajstić information content (AvgIpc) is 2.69. The van der Waals surface area contributed by atoms with Gasteiger partial charge in [-0.1, -0.05) is 15.9 Å². The van der Waals surface area contributed by atoms with Crippen molar-refractivity contribution in [1.82, 2.24) is 5.32 Å². The van der Waals surface area contributed by atoms with Gasteiger partial charge in [0.05, 0.1) is 5.54 Å². The second-order valence-electron chi connectivity index (χ2n) is 4.87. The Bertz CT molecular complexity index is 455. The van der Waals surface area contributed by atoms with Gasteiger partial charge in [-0.3, -0.25) is 4.90 Å². The number of hydrogen-bond acceptors (Lipinski definition) is 3. The fourth-order valence-electron chi connectivity index (χ4n) is 2.75. The zero-order valence-corrected chi connectivity index (χ0v) is 11.6. The number of carbonyl (C=O) groups is 1. The molecule has 1 aromatic carbocycles. The van der Waals surface area contributed by atoms with E-state index in [0.29, 0.717) is 6.61 Å². The standard InChI is InChI=1S/C13H15BrN2O2/c14-10-2-4-11(5-3-10)16-12(17)18-9-13(16)6-1-7-15-8-13/h2-5,15H,1,6-9H2. The van der Waals surface area contributed by atoms with Gasteiger partial charge in [0.1, 0.15) is 6.61 Å². The molecule has 0 bridgehead atoms. The number of cyclic esters (lactones) is 1. The van der Waals surface area contributed by atoms with Crippen LogP contribution in [0.2, 0.25) is 0 Å². The molecule has 1 spiro atoms. The van der Waals surface area contributed by atoms with Gasteiger partial charge < -0.3 is 10.1 Å². The normalized spacial score (nSPS) is 27.6. The molecule has 2 aliphatic heterocycles. The Morgan fingerprint density at radius 2 is 2.11 bits per heavy atom. The van der Waals surface area contributed by atoms with E-state index in [1.54, 1.807) is 0 Å². The summed E-state index contributed by atoms with van der Waals surface area (Å²) < 4.78 is 6.29. The van der Waals surface area contributed by atoms with E-state index in [-0.39, 0.29) is 11.6 Å². The van der Waals surface area contributed by atoms with Crippen LogP contribution in [0.3, 0.4) is 0 Å². The van der Waals surface area contributed by atoms with Crippen LogP contribution in [-0.2, 0) is 4.74 Å². The predicted molar refractivity (Wildman–Crippen MR) is 72.8 cm³/mol. The Balaban J connectivity index is 1.96. The van der Waals surface area contributed by atoms with Crippen LogP contribution in [0.4, 0.5) is 10.5 Å². The van der Waals surface area contributed by atoms with Crippen LogP contribution in [0.5, 0.6) is 0 Å². The minimum absolute atomic E-state index is 0.205. The van der Waals surface area contributed by atoms with Crippen molar-refractivity contribution in [1.29, 1.82) is 0 Å². The average molecular weight is 311 g/mol. The third-order valence-corrected chi connectivity index (χ3v) is 4.18. The number of benzene rings is 1. The minimum atomic E-state index is -0.235. The van der Waals surface area contributed by atoms with Gasteiger partial charge in [0.25, 0.3) is 0 Å². The second kappa shape index (κ2) is 4.55. The summed E-state index contributed by atoms with van der Waals surface area (Å²) in [6, 6.07) is 7.80. The molecule has 3 rings (SSSR count). The zero-order chi connectivity index (χ0) is 12.6. The van der Waals surface area contributed by atoms with Gasteiger partial charge in [-0.2, -0.15) is 0 Å². The molecule has 5 heteroatoms. The summed E-state index contributed by atoms with van der Waals surface area (Å²) in [6.45, 7) is 2.30. The lowest BCUT2D eigenvalue weighted by Gasteiger charge is -2.38. The van der Waals surface area contributed by atoms with Crippen LogP contribution >= 0.6 is 15.9 Å². The molecule has 2 heterocycles. The highest BCUT2D eigenvalue weighted by Crippen LogP contribution is 2.35. The summed E-state index contributed by atoms with van der Waals surface area (Å²) in [5.41, 5.74) is 0.702. The number of anilines is 1. The van der Waals surface area contributed by atoms with Crippen LogP contribution < -0.4 is 10.2 Å². The van der Waals surface area contributed by atoms with Crippen LogP contribution in [0.25, 0.3) is 0 Å². The lowest BCUT2D eigenvalue weighted by Crippen LogP contribution is -2.57. The Labute approximate surface area is 114 Å². The molecule has 0 radical (unpaired) electrons. The van der Waals surface area contributed by atoms with E-state index < -0.39 is 0 Å². The van der Waals surface area contributed by atoms with Gasteiger partial charge in [0.2, 0.25) is 0 Å². The summed E-state index contributed by atoms with van der Waals surface area (Å²) in [5.74, 6) is 0. The Morgan fingerprint density at radius 3 is 2.78 bits per heavy atom. The summed E-state index contributed by atoms with van der Waals surface area (Å²) >= 11 is 3.41. The molecule has 0 aliphatic carbocycles. The van der Waals surface area contributed by atoms with E-state index in [4.69, 9.17) is 4.74 Å². The molecule has 0 saturated carbocycles. The van der Waals surface area contributed by atoms with Crippen LogP contribution in [0.1, 0.15) is 12.8 Å². The second-order valence-corrected chi connectivity index (χ2v) is 5.79. The third-order valence-electron chi connectivity index (χ3n) is 3.66. The van der Waals surface area contributed by atoms with E-state index >= 15 is 0 Å². The highest BCUT2D eigenvalue weighted by Gasteiger charge is 2.48. The summed E-state index contributed by atoms with van der Waals surface area (Å²) in [5, 5.41) is 3.37. The van der Waals surface area contributed by atoms with Crippen molar-refractivity contribution in [2.24, 2.45) is 0 Å².